The largest absolute Gasteiger partial charge is 0.382 e. The zero-order valence-electron chi connectivity index (χ0n) is 9.86. The summed E-state index contributed by atoms with van der Waals surface area (Å²) in [4.78, 5) is 5.20. The van der Waals surface area contributed by atoms with E-state index in [9.17, 15) is 0 Å². The average molecular weight is 225 g/mol. The molecule has 0 aliphatic rings. The molecule has 1 rings (SSSR count). The molecule has 0 aliphatic carbocycles. The number of rotatable bonds is 8. The number of benzene rings is 1. The van der Waals surface area contributed by atoms with Crippen molar-refractivity contribution in [1.82, 2.24) is 5.48 Å². The molecule has 0 unspecified atom stereocenters. The number of ether oxygens (including phenoxy) is 2. The summed E-state index contributed by atoms with van der Waals surface area (Å²) in [6.45, 7) is 2.43. The maximum atomic E-state index is 5.20. The summed E-state index contributed by atoms with van der Waals surface area (Å²) in [5, 5.41) is 0. The molecule has 16 heavy (non-hydrogen) atoms. The third kappa shape index (κ3) is 4.72. The minimum Gasteiger partial charge on any atom is -0.382 e. The summed E-state index contributed by atoms with van der Waals surface area (Å²) >= 11 is 0. The number of hydroxylamine groups is 1. The van der Waals surface area contributed by atoms with E-state index in [-0.39, 0.29) is 0 Å². The molecule has 1 aromatic carbocycles. The number of methoxy groups -OCH3 is 2. The van der Waals surface area contributed by atoms with Crippen LogP contribution in [0.5, 0.6) is 0 Å². The fourth-order valence-corrected chi connectivity index (χ4v) is 1.35. The summed E-state index contributed by atoms with van der Waals surface area (Å²) in [7, 11) is 3.34. The Morgan fingerprint density at radius 2 is 1.75 bits per heavy atom. The average Bonchev–Trinajstić information content (AvgIpc) is 2.31. The third-order valence-electron chi connectivity index (χ3n) is 2.17. The van der Waals surface area contributed by atoms with Crippen LogP contribution in [-0.4, -0.2) is 27.4 Å². The predicted molar refractivity (Wildman–Crippen MR) is 61.8 cm³/mol. The van der Waals surface area contributed by atoms with Crippen molar-refractivity contribution in [2.75, 3.05) is 27.4 Å². The molecule has 0 saturated carbocycles. The predicted octanol–water partition coefficient (Wildman–Crippen LogP) is 1.50. The van der Waals surface area contributed by atoms with Crippen LogP contribution >= 0.6 is 0 Å². The van der Waals surface area contributed by atoms with E-state index in [2.05, 4.69) is 17.6 Å². The Labute approximate surface area is 96.5 Å². The lowest BCUT2D eigenvalue weighted by molar-refractivity contribution is 0.00321. The van der Waals surface area contributed by atoms with Crippen LogP contribution in [0.3, 0.4) is 0 Å². The highest BCUT2D eigenvalue weighted by atomic mass is 16.7. The van der Waals surface area contributed by atoms with Crippen molar-refractivity contribution in [2.45, 2.75) is 13.2 Å². The summed E-state index contributed by atoms with van der Waals surface area (Å²) in [6.07, 6.45) is 0. The van der Waals surface area contributed by atoms with E-state index in [1.54, 1.807) is 14.2 Å². The van der Waals surface area contributed by atoms with Gasteiger partial charge in [-0.1, -0.05) is 24.3 Å². The molecule has 0 aromatic heterocycles. The normalized spacial score (nSPS) is 10.6. The first-order valence-electron chi connectivity index (χ1n) is 5.27. The number of hydrogen-bond donors (Lipinski definition) is 1. The van der Waals surface area contributed by atoms with Gasteiger partial charge < -0.3 is 9.47 Å². The molecule has 0 radical (unpaired) electrons. The second-order valence-electron chi connectivity index (χ2n) is 3.36. The van der Waals surface area contributed by atoms with Gasteiger partial charge in [-0.25, -0.2) is 0 Å². The van der Waals surface area contributed by atoms with Crippen molar-refractivity contribution in [3.63, 3.8) is 0 Å². The smallest absolute Gasteiger partial charge is 0.0916 e. The van der Waals surface area contributed by atoms with Gasteiger partial charge in [-0.2, -0.15) is 5.48 Å². The van der Waals surface area contributed by atoms with Gasteiger partial charge in [0.2, 0.25) is 0 Å². The van der Waals surface area contributed by atoms with Gasteiger partial charge in [-0.3, -0.25) is 4.84 Å². The minimum atomic E-state index is 0.545. The summed E-state index contributed by atoms with van der Waals surface area (Å²) in [5.41, 5.74) is 5.26. The van der Waals surface area contributed by atoms with Crippen LogP contribution in [0.15, 0.2) is 24.3 Å². The second-order valence-corrected chi connectivity index (χ2v) is 3.36. The van der Waals surface area contributed by atoms with Crippen LogP contribution in [0.25, 0.3) is 0 Å². The van der Waals surface area contributed by atoms with Gasteiger partial charge in [-0.15, -0.1) is 0 Å². The first kappa shape index (κ1) is 13.1. The molecular formula is C12H19NO3. The second kappa shape index (κ2) is 8.24. The maximum Gasteiger partial charge on any atom is 0.0916 e. The van der Waals surface area contributed by atoms with E-state index in [0.717, 1.165) is 0 Å². The van der Waals surface area contributed by atoms with Gasteiger partial charge in [0.1, 0.15) is 0 Å². The molecule has 0 atom stereocenters. The summed E-state index contributed by atoms with van der Waals surface area (Å²) in [6, 6.07) is 8.12. The van der Waals surface area contributed by atoms with Crippen molar-refractivity contribution >= 4 is 0 Å². The summed E-state index contributed by atoms with van der Waals surface area (Å²) < 4.78 is 10.00. The lowest BCUT2D eigenvalue weighted by Gasteiger charge is -2.09. The Morgan fingerprint density at radius 3 is 2.44 bits per heavy atom. The highest BCUT2D eigenvalue weighted by Crippen LogP contribution is 2.09. The molecule has 1 N–H and O–H groups in total. The SMILES string of the molecule is COCCONCc1ccccc1COC. The molecule has 0 fully saturated rings. The van der Waals surface area contributed by atoms with Crippen LogP contribution < -0.4 is 5.48 Å². The molecule has 0 saturated heterocycles. The van der Waals surface area contributed by atoms with Crippen LogP contribution in [0.1, 0.15) is 11.1 Å². The van der Waals surface area contributed by atoms with E-state index < -0.39 is 0 Å². The first-order valence-corrected chi connectivity index (χ1v) is 5.27. The Kier molecular flexibility index (Phi) is 6.76. The van der Waals surface area contributed by atoms with Gasteiger partial charge in [0.15, 0.2) is 0 Å². The Bertz CT molecular complexity index is 291. The lowest BCUT2D eigenvalue weighted by atomic mass is 10.1. The zero-order chi connectivity index (χ0) is 11.6. The highest BCUT2D eigenvalue weighted by molar-refractivity contribution is 5.26. The van der Waals surface area contributed by atoms with Crippen LogP contribution in [0.2, 0.25) is 0 Å². The molecule has 4 heteroatoms. The monoisotopic (exact) mass is 225 g/mol. The quantitative estimate of drug-likeness (QED) is 0.537. The van der Waals surface area contributed by atoms with E-state index >= 15 is 0 Å². The molecule has 1 aromatic rings. The van der Waals surface area contributed by atoms with Crippen molar-refractivity contribution in [1.29, 1.82) is 0 Å². The van der Waals surface area contributed by atoms with Crippen molar-refractivity contribution in [2.24, 2.45) is 0 Å². The topological polar surface area (TPSA) is 39.7 Å². The van der Waals surface area contributed by atoms with E-state index in [4.69, 9.17) is 14.3 Å². The molecule has 90 valence electrons. The first-order chi connectivity index (χ1) is 7.88. The Morgan fingerprint density at radius 1 is 1.00 bits per heavy atom. The molecular weight excluding hydrogens is 206 g/mol. The zero-order valence-corrected chi connectivity index (χ0v) is 9.86. The van der Waals surface area contributed by atoms with Crippen LogP contribution in [-0.2, 0) is 27.5 Å². The molecule has 0 amide bonds. The number of hydrogen-bond acceptors (Lipinski definition) is 4. The van der Waals surface area contributed by atoms with Gasteiger partial charge in [0.25, 0.3) is 0 Å². The van der Waals surface area contributed by atoms with E-state index in [1.165, 1.54) is 11.1 Å². The molecule has 0 heterocycles. The maximum absolute atomic E-state index is 5.20. The Balaban J connectivity index is 2.34. The Hall–Kier alpha value is -0.940. The van der Waals surface area contributed by atoms with E-state index in [0.29, 0.717) is 26.4 Å². The van der Waals surface area contributed by atoms with Gasteiger partial charge >= 0.3 is 0 Å². The fraction of sp³-hybridized carbons (Fsp3) is 0.500. The summed E-state index contributed by atoms with van der Waals surface area (Å²) in [5.74, 6) is 0. The van der Waals surface area contributed by atoms with Gasteiger partial charge in [0, 0.05) is 20.8 Å². The molecule has 0 spiro atoms. The van der Waals surface area contributed by atoms with Gasteiger partial charge in [-0.05, 0) is 11.1 Å². The lowest BCUT2D eigenvalue weighted by Crippen LogP contribution is -2.18. The molecule has 0 bridgehead atoms. The van der Waals surface area contributed by atoms with Crippen molar-refractivity contribution in [3.8, 4) is 0 Å². The van der Waals surface area contributed by atoms with Crippen LogP contribution in [0, 0.1) is 0 Å². The van der Waals surface area contributed by atoms with E-state index in [1.807, 2.05) is 12.1 Å². The minimum absolute atomic E-state index is 0.545. The highest BCUT2D eigenvalue weighted by Gasteiger charge is 2.00. The van der Waals surface area contributed by atoms with Crippen LogP contribution in [0.4, 0.5) is 0 Å². The van der Waals surface area contributed by atoms with Gasteiger partial charge in [0.05, 0.1) is 19.8 Å². The van der Waals surface area contributed by atoms with Crippen molar-refractivity contribution in [3.05, 3.63) is 35.4 Å². The fourth-order valence-electron chi connectivity index (χ4n) is 1.35. The molecule has 0 aliphatic heterocycles. The molecule has 4 nitrogen and oxygen atoms in total. The standard InChI is InChI=1S/C12H19NO3/c1-14-7-8-16-13-9-11-5-3-4-6-12(11)10-15-2/h3-6,13H,7-10H2,1-2H3. The number of nitrogens with one attached hydrogen (secondary N) is 1. The van der Waals surface area contributed by atoms with Crippen molar-refractivity contribution < 1.29 is 14.3 Å². The third-order valence-corrected chi connectivity index (χ3v) is 2.17.